The van der Waals surface area contributed by atoms with Crippen LogP contribution in [-0.2, 0) is 0 Å². The fourth-order valence-corrected chi connectivity index (χ4v) is 8.37. The molecular weight excluding hydrogens is 641 g/mol. The molecule has 1 aromatic heterocycles. The summed E-state index contributed by atoms with van der Waals surface area (Å²) in [6.45, 7) is 0. The van der Waals surface area contributed by atoms with Gasteiger partial charge in [0.2, 0.25) is 0 Å². The van der Waals surface area contributed by atoms with Crippen molar-refractivity contribution in [2.45, 2.75) is 0 Å². The Morgan fingerprint density at radius 3 is 1.38 bits per heavy atom. The van der Waals surface area contributed by atoms with Crippen molar-refractivity contribution in [3.05, 3.63) is 200 Å². The SMILES string of the molecule is N#Cc1cccc(-c2cccc(-c3c4ccccc4c(-c4ccccc4)c4ccccc34)c2)c1-c1ccc(-n2c3ccccc3c3ccccc32)cc1. The largest absolute Gasteiger partial charge is 0.309 e. The Kier molecular flexibility index (Phi) is 7.23. The number of nitriles is 1. The lowest BCUT2D eigenvalue weighted by molar-refractivity contribution is 1.18. The molecule has 0 atom stereocenters. The summed E-state index contributed by atoms with van der Waals surface area (Å²) in [5, 5.41) is 17.8. The highest BCUT2D eigenvalue weighted by atomic mass is 15.0. The van der Waals surface area contributed by atoms with Crippen LogP contribution in [0.3, 0.4) is 0 Å². The zero-order valence-electron chi connectivity index (χ0n) is 28.9. The summed E-state index contributed by atoms with van der Waals surface area (Å²) < 4.78 is 2.33. The second-order valence-corrected chi connectivity index (χ2v) is 13.5. The molecule has 0 radical (unpaired) electrons. The average molecular weight is 673 g/mol. The minimum absolute atomic E-state index is 0.653. The molecule has 0 fully saturated rings. The molecule has 0 saturated heterocycles. The Bertz CT molecular complexity index is 2940. The third-order valence-electron chi connectivity index (χ3n) is 10.6. The summed E-state index contributed by atoms with van der Waals surface area (Å²) in [5.41, 5.74) is 13.0. The number of rotatable bonds is 5. The molecule has 9 aromatic carbocycles. The van der Waals surface area contributed by atoms with E-state index in [1.807, 2.05) is 12.1 Å². The van der Waals surface area contributed by atoms with Crippen molar-refractivity contribution in [3.63, 3.8) is 0 Å². The van der Waals surface area contributed by atoms with Gasteiger partial charge in [-0.2, -0.15) is 5.26 Å². The van der Waals surface area contributed by atoms with Crippen molar-refractivity contribution >= 4 is 43.4 Å². The van der Waals surface area contributed by atoms with Crippen molar-refractivity contribution in [1.29, 1.82) is 5.26 Å². The van der Waals surface area contributed by atoms with E-state index in [4.69, 9.17) is 0 Å². The normalized spacial score (nSPS) is 11.4. The lowest BCUT2D eigenvalue weighted by Crippen LogP contribution is -1.95. The van der Waals surface area contributed by atoms with Gasteiger partial charge >= 0.3 is 0 Å². The van der Waals surface area contributed by atoms with Crippen LogP contribution in [0.5, 0.6) is 0 Å². The van der Waals surface area contributed by atoms with Crippen LogP contribution < -0.4 is 0 Å². The molecule has 0 aliphatic rings. The van der Waals surface area contributed by atoms with E-state index in [0.29, 0.717) is 5.56 Å². The molecule has 0 spiro atoms. The highest BCUT2D eigenvalue weighted by molar-refractivity contribution is 6.21. The average Bonchev–Trinajstić information content (AvgIpc) is 3.57. The van der Waals surface area contributed by atoms with Crippen molar-refractivity contribution in [2.24, 2.45) is 0 Å². The van der Waals surface area contributed by atoms with Crippen LogP contribution in [0.1, 0.15) is 5.56 Å². The number of nitrogens with zero attached hydrogens (tertiary/aromatic N) is 2. The van der Waals surface area contributed by atoms with Crippen molar-refractivity contribution in [2.75, 3.05) is 0 Å². The van der Waals surface area contributed by atoms with Crippen LogP contribution in [0.2, 0.25) is 0 Å². The lowest BCUT2D eigenvalue weighted by Gasteiger charge is -2.19. The maximum absolute atomic E-state index is 10.4. The Balaban J connectivity index is 1.14. The number of hydrogen-bond donors (Lipinski definition) is 0. The quantitative estimate of drug-likeness (QED) is 0.167. The third-order valence-corrected chi connectivity index (χ3v) is 10.6. The molecule has 0 unspecified atom stereocenters. The van der Waals surface area contributed by atoms with E-state index in [9.17, 15) is 5.26 Å². The summed E-state index contributed by atoms with van der Waals surface area (Å²) >= 11 is 0. The van der Waals surface area contributed by atoms with Gasteiger partial charge in [0.25, 0.3) is 0 Å². The van der Waals surface area contributed by atoms with Gasteiger partial charge < -0.3 is 4.57 Å². The first kappa shape index (κ1) is 30.6. The molecule has 2 nitrogen and oxygen atoms in total. The first-order chi connectivity index (χ1) is 26.3. The molecule has 10 aromatic rings. The highest BCUT2D eigenvalue weighted by Crippen LogP contribution is 2.45. The first-order valence-electron chi connectivity index (χ1n) is 18.0. The van der Waals surface area contributed by atoms with Gasteiger partial charge in [0.05, 0.1) is 22.7 Å². The zero-order chi connectivity index (χ0) is 35.3. The third kappa shape index (κ3) is 4.94. The molecule has 0 saturated carbocycles. The van der Waals surface area contributed by atoms with Gasteiger partial charge in [-0.1, -0.05) is 158 Å². The number of fused-ring (bicyclic) bond motifs is 5. The molecule has 10 rings (SSSR count). The number of aromatic nitrogens is 1. The maximum Gasteiger partial charge on any atom is 0.0998 e. The van der Waals surface area contributed by atoms with Gasteiger partial charge in [-0.15, -0.1) is 0 Å². The van der Waals surface area contributed by atoms with E-state index in [0.717, 1.165) is 33.5 Å². The van der Waals surface area contributed by atoms with Gasteiger partial charge in [-0.25, -0.2) is 0 Å². The lowest BCUT2D eigenvalue weighted by atomic mass is 9.85. The standard InChI is InChI=1S/C51H32N2/c52-33-38-18-13-25-40(49(38)35-28-30-39(31-29-35)53-47-26-10-8-19-41(47)42-20-9-11-27-48(42)53)36-16-12-17-37(32-36)51-45-23-6-4-21-43(45)50(34-14-2-1-3-15-34)44-22-5-7-24-46(44)51/h1-32H. The van der Waals surface area contributed by atoms with E-state index in [1.165, 1.54) is 60.0 Å². The minimum Gasteiger partial charge on any atom is -0.309 e. The van der Waals surface area contributed by atoms with Crippen LogP contribution in [0, 0.1) is 11.3 Å². The Morgan fingerprint density at radius 1 is 0.340 bits per heavy atom. The molecule has 0 N–H and O–H groups in total. The second-order valence-electron chi connectivity index (χ2n) is 13.5. The Hall–Kier alpha value is -7.21. The van der Waals surface area contributed by atoms with Crippen LogP contribution in [0.15, 0.2) is 194 Å². The predicted molar refractivity (Wildman–Crippen MR) is 222 cm³/mol. The van der Waals surface area contributed by atoms with E-state index in [1.54, 1.807) is 0 Å². The fourth-order valence-electron chi connectivity index (χ4n) is 8.37. The monoisotopic (exact) mass is 672 g/mol. The molecule has 246 valence electrons. The molecule has 0 aliphatic carbocycles. The summed E-state index contributed by atoms with van der Waals surface area (Å²) in [7, 11) is 0. The molecule has 0 aliphatic heterocycles. The van der Waals surface area contributed by atoms with Crippen LogP contribution in [0.4, 0.5) is 0 Å². The summed E-state index contributed by atoms with van der Waals surface area (Å²) in [6, 6.07) is 71.4. The minimum atomic E-state index is 0.653. The smallest absolute Gasteiger partial charge is 0.0998 e. The van der Waals surface area contributed by atoms with Crippen molar-refractivity contribution in [3.8, 4) is 56.3 Å². The predicted octanol–water partition coefficient (Wildman–Crippen LogP) is 13.6. The van der Waals surface area contributed by atoms with E-state index >= 15 is 0 Å². The van der Waals surface area contributed by atoms with Crippen LogP contribution in [-0.4, -0.2) is 4.57 Å². The maximum atomic E-state index is 10.4. The molecule has 1 heterocycles. The van der Waals surface area contributed by atoms with Gasteiger partial charge in [-0.05, 0) is 96.9 Å². The van der Waals surface area contributed by atoms with Gasteiger partial charge in [0.15, 0.2) is 0 Å². The molecule has 0 bridgehead atoms. The Morgan fingerprint density at radius 2 is 0.792 bits per heavy atom. The van der Waals surface area contributed by atoms with Crippen molar-refractivity contribution in [1.82, 2.24) is 4.57 Å². The molecule has 2 heteroatoms. The fraction of sp³-hybridized carbons (Fsp3) is 0. The number of hydrogen-bond acceptors (Lipinski definition) is 1. The first-order valence-corrected chi connectivity index (χ1v) is 18.0. The summed E-state index contributed by atoms with van der Waals surface area (Å²) in [5.74, 6) is 0. The van der Waals surface area contributed by atoms with Crippen LogP contribution in [0.25, 0.3) is 93.5 Å². The molecule has 53 heavy (non-hydrogen) atoms. The summed E-state index contributed by atoms with van der Waals surface area (Å²) in [4.78, 5) is 0. The Labute approximate surface area is 308 Å². The van der Waals surface area contributed by atoms with E-state index in [2.05, 4.69) is 193 Å². The highest BCUT2D eigenvalue weighted by Gasteiger charge is 2.19. The van der Waals surface area contributed by atoms with Gasteiger partial charge in [0.1, 0.15) is 0 Å². The van der Waals surface area contributed by atoms with Crippen molar-refractivity contribution < 1.29 is 0 Å². The van der Waals surface area contributed by atoms with E-state index < -0.39 is 0 Å². The molecular formula is C51H32N2. The van der Waals surface area contributed by atoms with Gasteiger partial charge in [0, 0.05) is 22.0 Å². The van der Waals surface area contributed by atoms with Crippen LogP contribution >= 0.6 is 0 Å². The van der Waals surface area contributed by atoms with E-state index in [-0.39, 0.29) is 0 Å². The van der Waals surface area contributed by atoms with Gasteiger partial charge in [-0.3, -0.25) is 0 Å². The zero-order valence-corrected chi connectivity index (χ0v) is 28.9. The topological polar surface area (TPSA) is 28.7 Å². The second kappa shape index (κ2) is 12.5. The number of para-hydroxylation sites is 2. The summed E-state index contributed by atoms with van der Waals surface area (Å²) in [6.07, 6.45) is 0. The molecule has 0 amide bonds. The number of benzene rings is 9.